The Bertz CT molecular complexity index is 1230. The average Bonchev–Trinajstić information content (AvgIpc) is 3.28. The molecule has 0 aliphatic carbocycles. The predicted molar refractivity (Wildman–Crippen MR) is 141 cm³/mol. The van der Waals surface area contributed by atoms with Gasteiger partial charge in [0.15, 0.2) is 17.0 Å². The van der Waals surface area contributed by atoms with Gasteiger partial charge in [-0.25, -0.2) is 4.98 Å². The number of aliphatic hydroxyl groups excluding tert-OH is 1. The molecule has 0 radical (unpaired) electrons. The fourth-order valence-electron chi connectivity index (χ4n) is 4.27. The Labute approximate surface area is 210 Å². The first-order valence-electron chi connectivity index (χ1n) is 11.6. The van der Waals surface area contributed by atoms with Crippen LogP contribution in [-0.4, -0.2) is 69.1 Å². The van der Waals surface area contributed by atoms with Gasteiger partial charge in [-0.3, -0.25) is 0 Å². The van der Waals surface area contributed by atoms with E-state index in [4.69, 9.17) is 9.97 Å². The Balaban J connectivity index is 0.00000289. The normalized spacial score (nSPS) is 13.6. The minimum Gasteiger partial charge on any atom is -0.508 e. The van der Waals surface area contributed by atoms with Crippen molar-refractivity contribution >= 4 is 41.0 Å². The van der Waals surface area contributed by atoms with Crippen LogP contribution in [0.5, 0.6) is 5.75 Å². The molecular weight excluding hydrogens is 466 g/mol. The predicted octanol–water partition coefficient (Wildman–Crippen LogP) is 2.93. The lowest BCUT2D eigenvalue weighted by Gasteiger charge is -2.36. The fourth-order valence-corrected chi connectivity index (χ4v) is 4.27. The van der Waals surface area contributed by atoms with Crippen LogP contribution in [0.1, 0.15) is 5.56 Å². The lowest BCUT2D eigenvalue weighted by atomic mass is 10.1. The first-order valence-corrected chi connectivity index (χ1v) is 11.6. The molecule has 3 heterocycles. The SMILES string of the molecule is Cl.OCCn1cnc2c(NCCc3ccccc3)nc(N3CCN(c4ccc(O)cc4)CC3)nc21. The van der Waals surface area contributed by atoms with Crippen LogP contribution in [0, 0.1) is 0 Å². The second-order valence-corrected chi connectivity index (χ2v) is 8.36. The lowest BCUT2D eigenvalue weighted by Crippen LogP contribution is -2.47. The molecule has 1 fully saturated rings. The molecule has 2 aromatic carbocycles. The van der Waals surface area contributed by atoms with E-state index in [9.17, 15) is 10.2 Å². The number of phenolic OH excluding ortho intramolecular Hbond substituents is 1. The lowest BCUT2D eigenvalue weighted by molar-refractivity contribution is 0.277. The molecule has 0 spiro atoms. The summed E-state index contributed by atoms with van der Waals surface area (Å²) in [6.45, 7) is 4.42. The molecule has 0 bridgehead atoms. The second kappa shape index (κ2) is 11.2. The summed E-state index contributed by atoms with van der Waals surface area (Å²) in [4.78, 5) is 18.7. The summed E-state index contributed by atoms with van der Waals surface area (Å²) in [5.74, 6) is 1.66. The highest BCUT2D eigenvalue weighted by atomic mass is 35.5. The van der Waals surface area contributed by atoms with E-state index < -0.39 is 0 Å². The van der Waals surface area contributed by atoms with Crippen LogP contribution in [0.4, 0.5) is 17.5 Å². The largest absolute Gasteiger partial charge is 0.508 e. The number of aromatic hydroxyl groups is 1. The van der Waals surface area contributed by atoms with E-state index in [-0.39, 0.29) is 24.8 Å². The molecule has 1 aliphatic rings. The smallest absolute Gasteiger partial charge is 0.229 e. The maximum absolute atomic E-state index is 9.56. The van der Waals surface area contributed by atoms with Gasteiger partial charge in [0.1, 0.15) is 5.75 Å². The molecule has 2 aromatic heterocycles. The van der Waals surface area contributed by atoms with Gasteiger partial charge in [-0.15, -0.1) is 12.4 Å². The number of benzene rings is 2. The van der Waals surface area contributed by atoms with Crippen LogP contribution in [0.3, 0.4) is 0 Å². The van der Waals surface area contributed by atoms with E-state index >= 15 is 0 Å². The van der Waals surface area contributed by atoms with Gasteiger partial charge in [0.25, 0.3) is 0 Å². The summed E-state index contributed by atoms with van der Waals surface area (Å²) in [7, 11) is 0. The number of fused-ring (bicyclic) bond motifs is 1. The number of anilines is 3. The standard InChI is InChI=1S/C25H29N7O2.ClH/c33-17-16-32-18-27-22-23(26-11-10-19-4-2-1-3-5-19)28-25(29-24(22)32)31-14-12-30(13-15-31)20-6-8-21(34)9-7-20;/h1-9,18,33-34H,10-17H2,(H,26,28,29);1H. The molecule has 1 aliphatic heterocycles. The molecule has 0 saturated carbocycles. The van der Waals surface area contributed by atoms with Crippen LogP contribution >= 0.6 is 12.4 Å². The Kier molecular flexibility index (Phi) is 7.89. The zero-order valence-corrected chi connectivity index (χ0v) is 20.2. The van der Waals surface area contributed by atoms with Crippen molar-refractivity contribution < 1.29 is 10.2 Å². The molecule has 0 amide bonds. The Hall–Kier alpha value is -3.56. The summed E-state index contributed by atoms with van der Waals surface area (Å²) in [5, 5.41) is 22.5. The number of halogens is 1. The second-order valence-electron chi connectivity index (χ2n) is 8.36. The summed E-state index contributed by atoms with van der Waals surface area (Å²) in [6.07, 6.45) is 2.59. The van der Waals surface area contributed by atoms with Gasteiger partial charge in [0.05, 0.1) is 12.9 Å². The van der Waals surface area contributed by atoms with Crippen molar-refractivity contribution in [1.82, 2.24) is 19.5 Å². The van der Waals surface area contributed by atoms with Crippen molar-refractivity contribution in [3.8, 4) is 5.75 Å². The van der Waals surface area contributed by atoms with E-state index in [1.54, 1.807) is 18.5 Å². The summed E-state index contributed by atoms with van der Waals surface area (Å²) in [6, 6.07) is 17.7. The Morgan fingerprint density at radius 2 is 1.60 bits per heavy atom. The first-order chi connectivity index (χ1) is 16.7. The first kappa shape index (κ1) is 24.6. The number of nitrogens with zero attached hydrogens (tertiary/aromatic N) is 6. The van der Waals surface area contributed by atoms with Crippen molar-refractivity contribution in [2.75, 3.05) is 54.4 Å². The molecule has 4 aromatic rings. The quantitative estimate of drug-likeness (QED) is 0.343. The summed E-state index contributed by atoms with van der Waals surface area (Å²) >= 11 is 0. The van der Waals surface area contributed by atoms with Crippen LogP contribution in [0.25, 0.3) is 11.2 Å². The third kappa shape index (κ3) is 5.58. The van der Waals surface area contributed by atoms with Crippen molar-refractivity contribution in [3.63, 3.8) is 0 Å². The Morgan fingerprint density at radius 1 is 0.886 bits per heavy atom. The zero-order chi connectivity index (χ0) is 23.3. The van der Waals surface area contributed by atoms with Crippen molar-refractivity contribution in [3.05, 3.63) is 66.5 Å². The van der Waals surface area contributed by atoms with Crippen molar-refractivity contribution in [1.29, 1.82) is 0 Å². The number of imidazole rings is 1. The molecular formula is C25H30ClN7O2. The van der Waals surface area contributed by atoms with E-state index in [0.717, 1.165) is 50.5 Å². The number of phenols is 1. The monoisotopic (exact) mass is 495 g/mol. The third-order valence-corrected chi connectivity index (χ3v) is 6.12. The maximum atomic E-state index is 9.56. The van der Waals surface area contributed by atoms with Gasteiger partial charge in [-0.05, 0) is 36.2 Å². The Morgan fingerprint density at radius 3 is 2.31 bits per heavy atom. The molecule has 0 unspecified atom stereocenters. The van der Waals surface area contributed by atoms with Gasteiger partial charge in [0, 0.05) is 45.0 Å². The molecule has 10 heteroatoms. The number of hydrogen-bond acceptors (Lipinski definition) is 8. The van der Waals surface area contributed by atoms with Gasteiger partial charge in [-0.1, -0.05) is 30.3 Å². The van der Waals surface area contributed by atoms with E-state index in [0.29, 0.717) is 23.8 Å². The summed E-state index contributed by atoms with van der Waals surface area (Å²) in [5.41, 5.74) is 3.80. The van der Waals surface area contributed by atoms with E-state index in [1.807, 2.05) is 34.9 Å². The van der Waals surface area contributed by atoms with E-state index in [2.05, 4.69) is 32.2 Å². The topological polar surface area (TPSA) is 103 Å². The number of nitrogens with one attached hydrogen (secondary N) is 1. The highest BCUT2D eigenvalue weighted by Gasteiger charge is 2.22. The molecule has 3 N–H and O–H groups in total. The van der Waals surface area contributed by atoms with Gasteiger partial charge >= 0.3 is 0 Å². The molecule has 0 atom stereocenters. The van der Waals surface area contributed by atoms with Crippen LogP contribution in [0.2, 0.25) is 0 Å². The molecule has 5 rings (SSSR count). The molecule has 1 saturated heterocycles. The number of aliphatic hydroxyl groups is 1. The van der Waals surface area contributed by atoms with Gasteiger partial charge in [0.2, 0.25) is 5.95 Å². The average molecular weight is 496 g/mol. The van der Waals surface area contributed by atoms with Crippen LogP contribution in [0.15, 0.2) is 60.9 Å². The number of piperazine rings is 1. The number of aromatic nitrogens is 4. The minimum absolute atomic E-state index is 0. The number of hydrogen-bond donors (Lipinski definition) is 3. The fraction of sp³-hybridized carbons (Fsp3) is 0.320. The van der Waals surface area contributed by atoms with Gasteiger partial charge in [-0.2, -0.15) is 9.97 Å². The third-order valence-electron chi connectivity index (χ3n) is 6.12. The highest BCUT2D eigenvalue weighted by molar-refractivity contribution is 5.85. The minimum atomic E-state index is 0. The van der Waals surface area contributed by atoms with Crippen molar-refractivity contribution in [2.24, 2.45) is 0 Å². The van der Waals surface area contributed by atoms with Crippen LogP contribution in [-0.2, 0) is 13.0 Å². The number of rotatable bonds is 8. The van der Waals surface area contributed by atoms with Crippen LogP contribution < -0.4 is 15.1 Å². The zero-order valence-electron chi connectivity index (χ0n) is 19.4. The summed E-state index contributed by atoms with van der Waals surface area (Å²) < 4.78 is 1.87. The van der Waals surface area contributed by atoms with E-state index in [1.165, 1.54) is 5.56 Å². The maximum Gasteiger partial charge on any atom is 0.229 e. The molecule has 9 nitrogen and oxygen atoms in total. The highest BCUT2D eigenvalue weighted by Crippen LogP contribution is 2.25. The molecule has 184 valence electrons. The van der Waals surface area contributed by atoms with Crippen molar-refractivity contribution in [2.45, 2.75) is 13.0 Å². The molecule has 35 heavy (non-hydrogen) atoms. The van der Waals surface area contributed by atoms with Gasteiger partial charge < -0.3 is 29.9 Å².